The van der Waals surface area contributed by atoms with Crippen LogP contribution in [0, 0.1) is 0 Å². The second-order valence-corrected chi connectivity index (χ2v) is 1.68. The summed E-state index contributed by atoms with van der Waals surface area (Å²) in [6.07, 6.45) is -0.312. The van der Waals surface area contributed by atoms with Crippen LogP contribution in [0.4, 0.5) is 0 Å². The van der Waals surface area contributed by atoms with E-state index in [0.29, 0.717) is 0 Å². The minimum absolute atomic E-state index is 0. The predicted octanol–water partition coefficient (Wildman–Crippen LogP) is -2.98. The Kier molecular flexibility index (Phi) is 17.0. The number of hydrogen-bond acceptors (Lipinski definition) is 7. The molecule has 3 N–H and O–H groups in total. The van der Waals surface area contributed by atoms with Crippen molar-refractivity contribution in [2.24, 2.45) is 0 Å². The molecule has 78 valence electrons. The molecular weight excluding hydrogens is 190 g/mol. The van der Waals surface area contributed by atoms with Crippen LogP contribution in [0.3, 0.4) is 0 Å². The summed E-state index contributed by atoms with van der Waals surface area (Å²) in [4.78, 5) is 20.5. The van der Waals surface area contributed by atoms with Crippen LogP contribution in [0.25, 0.3) is 0 Å². The molecule has 0 heterocycles. The van der Waals surface area contributed by atoms with Crippen LogP contribution in [0.15, 0.2) is 0 Å². The second-order valence-electron chi connectivity index (χ2n) is 1.68. The molecule has 0 fully saturated rings. The molecule has 0 bridgehead atoms. The van der Waals surface area contributed by atoms with Gasteiger partial charge in [-0.05, 0) is 0 Å². The van der Waals surface area contributed by atoms with E-state index >= 15 is 0 Å². The van der Waals surface area contributed by atoms with Crippen molar-refractivity contribution in [2.45, 2.75) is 6.42 Å². The molecule has 0 aliphatic rings. The quantitative estimate of drug-likeness (QED) is 0.248. The van der Waals surface area contributed by atoms with Crippen LogP contribution in [0.1, 0.15) is 6.42 Å². The van der Waals surface area contributed by atoms with Gasteiger partial charge in [0.2, 0.25) is 0 Å². The molecule has 0 aromatic carbocycles. The van der Waals surface area contributed by atoms with Gasteiger partial charge in [0.05, 0.1) is 14.2 Å². The zero-order chi connectivity index (χ0) is 10.9. The number of methoxy groups -OCH3 is 2. The van der Waals surface area contributed by atoms with Crippen LogP contribution >= 0.6 is 0 Å². The van der Waals surface area contributed by atoms with Crippen molar-refractivity contribution in [2.75, 3.05) is 14.2 Å². The fraction of sp³-hybridized carbons (Fsp3) is 0.600. The predicted molar refractivity (Wildman–Crippen MR) is 48.2 cm³/mol. The van der Waals surface area contributed by atoms with Gasteiger partial charge in [-0.15, -0.1) is 0 Å². The number of esters is 2. The molecule has 7 nitrogen and oxygen atoms in total. The van der Waals surface area contributed by atoms with Crippen LogP contribution in [0.5, 0.6) is 0 Å². The molecule has 0 amide bonds. The number of ether oxygens (including phenoxy) is 2. The third-order valence-corrected chi connectivity index (χ3v) is 0.744. The van der Waals surface area contributed by atoms with Crippen LogP contribution in [-0.2, 0) is 19.1 Å². The molecule has 0 atom stereocenters. The topological polar surface area (TPSA) is 113 Å². The first-order valence-corrected chi connectivity index (χ1v) is 3.11. The van der Waals surface area contributed by atoms with Crippen molar-refractivity contribution >= 4 is 38.1 Å². The third kappa shape index (κ3) is 22.5. The van der Waals surface area contributed by atoms with Gasteiger partial charge in [0.1, 0.15) is 6.42 Å². The van der Waals surface area contributed by atoms with Gasteiger partial charge in [-0.3, -0.25) is 9.59 Å². The first kappa shape index (κ1) is 19.1. The van der Waals surface area contributed by atoms with Crippen molar-refractivity contribution in [1.29, 1.82) is 0 Å². The Bertz CT molecular complexity index is 145. The SMILES string of the molecule is COC(=O)CC(=O)OC.OB(O)O.[LiH]. The van der Waals surface area contributed by atoms with E-state index in [4.69, 9.17) is 15.1 Å². The molecule has 0 aromatic heterocycles. The summed E-state index contributed by atoms with van der Waals surface area (Å²) in [5, 5.41) is 21.5. The summed E-state index contributed by atoms with van der Waals surface area (Å²) in [7, 11) is 0.260. The van der Waals surface area contributed by atoms with E-state index in [-0.39, 0.29) is 25.3 Å². The van der Waals surface area contributed by atoms with Crippen molar-refractivity contribution in [1.82, 2.24) is 0 Å². The van der Waals surface area contributed by atoms with E-state index in [1.807, 2.05) is 0 Å². The number of rotatable bonds is 2. The Hall–Kier alpha value is -0.518. The summed E-state index contributed by atoms with van der Waals surface area (Å²) in [5.74, 6) is -1.16. The zero-order valence-electron chi connectivity index (χ0n) is 7.26. The van der Waals surface area contributed by atoms with E-state index in [0.717, 1.165) is 0 Å². The van der Waals surface area contributed by atoms with E-state index in [1.165, 1.54) is 14.2 Å². The molecule has 0 unspecified atom stereocenters. The Balaban J connectivity index is -0.000000209. The second kappa shape index (κ2) is 12.5. The van der Waals surface area contributed by atoms with Crippen molar-refractivity contribution < 1.29 is 34.1 Å². The zero-order valence-corrected chi connectivity index (χ0v) is 7.26. The van der Waals surface area contributed by atoms with E-state index in [9.17, 15) is 9.59 Å². The van der Waals surface area contributed by atoms with Gasteiger partial charge in [0.25, 0.3) is 0 Å². The Labute approximate surface area is 93.4 Å². The number of carbonyl (C=O) groups excluding carboxylic acids is 2. The van der Waals surface area contributed by atoms with E-state index in [1.54, 1.807) is 0 Å². The summed E-state index contributed by atoms with van der Waals surface area (Å²) in [5.41, 5.74) is 0. The molecule has 0 aliphatic heterocycles. The maximum absolute atomic E-state index is 10.3. The minimum atomic E-state index is -2.17. The number of hydrogen-bond donors (Lipinski definition) is 3. The molecule has 0 rings (SSSR count). The van der Waals surface area contributed by atoms with Crippen molar-refractivity contribution in [3.05, 3.63) is 0 Å². The average molecular weight is 202 g/mol. The third-order valence-electron chi connectivity index (χ3n) is 0.744. The van der Waals surface area contributed by atoms with E-state index in [2.05, 4.69) is 9.47 Å². The summed E-state index contributed by atoms with van der Waals surface area (Å²) < 4.78 is 8.37. The summed E-state index contributed by atoms with van der Waals surface area (Å²) >= 11 is 0. The van der Waals surface area contributed by atoms with Crippen molar-refractivity contribution in [3.8, 4) is 0 Å². The molecular formula is C5H12BLiO7. The Morgan fingerprint density at radius 2 is 1.29 bits per heavy atom. The maximum atomic E-state index is 10.3. The van der Waals surface area contributed by atoms with Gasteiger partial charge in [-0.1, -0.05) is 0 Å². The Morgan fingerprint density at radius 1 is 1.07 bits per heavy atom. The molecule has 14 heavy (non-hydrogen) atoms. The molecule has 0 spiro atoms. The van der Waals surface area contributed by atoms with Gasteiger partial charge in [-0.25, -0.2) is 0 Å². The van der Waals surface area contributed by atoms with Gasteiger partial charge < -0.3 is 24.5 Å². The molecule has 0 aromatic rings. The summed E-state index contributed by atoms with van der Waals surface area (Å²) in [6, 6.07) is 0. The van der Waals surface area contributed by atoms with Gasteiger partial charge >= 0.3 is 38.1 Å². The standard InChI is InChI=1S/C5H8O4.BH3O3.Li.H/c1-8-4(6)3-5(7)9-2;2-1(3)4;;/h3H2,1-2H3;2-4H;;. The van der Waals surface area contributed by atoms with Crippen LogP contribution < -0.4 is 0 Å². The van der Waals surface area contributed by atoms with Gasteiger partial charge in [-0.2, -0.15) is 0 Å². The van der Waals surface area contributed by atoms with Crippen LogP contribution in [0.2, 0.25) is 0 Å². The fourth-order valence-corrected chi connectivity index (χ4v) is 0.262. The van der Waals surface area contributed by atoms with E-state index < -0.39 is 19.3 Å². The number of carbonyl (C=O) groups is 2. The Morgan fingerprint density at radius 3 is 1.43 bits per heavy atom. The summed E-state index contributed by atoms with van der Waals surface area (Å²) in [6.45, 7) is 0. The first-order chi connectivity index (χ1) is 5.93. The first-order valence-electron chi connectivity index (χ1n) is 3.11. The van der Waals surface area contributed by atoms with Gasteiger partial charge in [0, 0.05) is 0 Å². The molecule has 9 heteroatoms. The average Bonchev–Trinajstić information content (AvgIpc) is 2.03. The fourth-order valence-electron chi connectivity index (χ4n) is 0.262. The van der Waals surface area contributed by atoms with Crippen LogP contribution in [-0.4, -0.2) is 67.4 Å². The molecule has 0 saturated heterocycles. The monoisotopic (exact) mass is 202 g/mol. The van der Waals surface area contributed by atoms with Gasteiger partial charge in [0.15, 0.2) is 0 Å². The molecule has 0 aliphatic carbocycles. The normalized spacial score (nSPS) is 7.21. The molecule has 0 radical (unpaired) electrons. The van der Waals surface area contributed by atoms with Crippen molar-refractivity contribution in [3.63, 3.8) is 0 Å². The molecule has 0 saturated carbocycles.